The zero-order chi connectivity index (χ0) is 15.9. The zero-order valence-electron chi connectivity index (χ0n) is 13.0. The molecule has 1 saturated heterocycles. The molecule has 2 aliphatic rings. The molecule has 1 aromatic carbocycles. The smallest absolute Gasteiger partial charge is 0.216 e. The molecule has 1 aliphatic heterocycles. The number of nitrogens with zero attached hydrogens (tertiary/aromatic N) is 2. The first-order chi connectivity index (χ1) is 11.1. The highest BCUT2D eigenvalue weighted by Crippen LogP contribution is 2.35. The van der Waals surface area contributed by atoms with Crippen LogP contribution in [0.3, 0.4) is 0 Å². The van der Waals surface area contributed by atoms with Crippen LogP contribution in [0.1, 0.15) is 37.3 Å². The zero-order valence-corrected chi connectivity index (χ0v) is 13.8. The molecule has 5 nitrogen and oxygen atoms in total. The predicted octanol–water partition coefficient (Wildman–Crippen LogP) is 2.75. The second kappa shape index (κ2) is 5.76. The molecular formula is C17H21N3O2S. The molecular weight excluding hydrogens is 310 g/mol. The number of rotatable bonds is 4. The minimum Gasteiger partial charge on any atom is -0.282 e. The summed E-state index contributed by atoms with van der Waals surface area (Å²) in [7, 11) is -3.02. The Bertz CT molecular complexity index is 773. The minimum absolute atomic E-state index is 0.101. The van der Waals surface area contributed by atoms with Crippen molar-refractivity contribution < 1.29 is 8.42 Å². The maximum Gasteiger partial charge on any atom is 0.216 e. The van der Waals surface area contributed by atoms with Crippen molar-refractivity contribution >= 4 is 10.0 Å². The molecule has 6 heteroatoms. The fraction of sp³-hybridized carbons (Fsp3) is 0.471. The van der Waals surface area contributed by atoms with Crippen LogP contribution in [0.15, 0.2) is 36.4 Å². The van der Waals surface area contributed by atoms with Crippen LogP contribution in [-0.4, -0.2) is 41.3 Å². The SMILES string of the molecule is O=S(=O)(C1CC1)N1CCC(c2cc(-c3ccccc3)n[nH]2)CC1. The van der Waals surface area contributed by atoms with Crippen molar-refractivity contribution in [2.45, 2.75) is 36.9 Å². The number of hydrogen-bond acceptors (Lipinski definition) is 3. The van der Waals surface area contributed by atoms with Crippen molar-refractivity contribution in [1.82, 2.24) is 14.5 Å². The fourth-order valence-corrected chi connectivity index (χ4v) is 5.17. The van der Waals surface area contributed by atoms with Crippen LogP contribution in [0.5, 0.6) is 0 Å². The number of aromatic amines is 1. The summed E-state index contributed by atoms with van der Waals surface area (Å²) in [6.07, 6.45) is 3.40. The van der Waals surface area contributed by atoms with Crippen LogP contribution in [0, 0.1) is 0 Å². The molecule has 0 spiro atoms. The Morgan fingerprint density at radius 2 is 1.74 bits per heavy atom. The van der Waals surface area contributed by atoms with Crippen LogP contribution >= 0.6 is 0 Å². The van der Waals surface area contributed by atoms with Gasteiger partial charge in [-0.3, -0.25) is 5.10 Å². The molecule has 0 unspecified atom stereocenters. The molecule has 0 radical (unpaired) electrons. The normalized spacial score (nSPS) is 20.7. The van der Waals surface area contributed by atoms with Gasteiger partial charge >= 0.3 is 0 Å². The topological polar surface area (TPSA) is 66.1 Å². The van der Waals surface area contributed by atoms with E-state index in [0.717, 1.165) is 42.6 Å². The van der Waals surface area contributed by atoms with Crippen LogP contribution < -0.4 is 0 Å². The number of aromatic nitrogens is 2. The third-order valence-corrected chi connectivity index (χ3v) is 7.27. The number of benzene rings is 1. The van der Waals surface area contributed by atoms with Crippen molar-refractivity contribution in [3.63, 3.8) is 0 Å². The first-order valence-electron chi connectivity index (χ1n) is 8.24. The van der Waals surface area contributed by atoms with Gasteiger partial charge in [0.2, 0.25) is 10.0 Å². The molecule has 2 heterocycles. The van der Waals surface area contributed by atoms with Crippen LogP contribution in [0.25, 0.3) is 11.3 Å². The number of hydrogen-bond donors (Lipinski definition) is 1. The second-order valence-corrected chi connectivity index (χ2v) is 8.71. The lowest BCUT2D eigenvalue weighted by atomic mass is 9.94. The highest BCUT2D eigenvalue weighted by Gasteiger charge is 2.41. The summed E-state index contributed by atoms with van der Waals surface area (Å²) >= 11 is 0. The van der Waals surface area contributed by atoms with E-state index in [1.165, 1.54) is 0 Å². The van der Waals surface area contributed by atoms with Gasteiger partial charge in [0.1, 0.15) is 0 Å². The van der Waals surface area contributed by atoms with E-state index in [0.29, 0.717) is 19.0 Å². The molecule has 0 amide bonds. The first kappa shape index (κ1) is 14.9. The Labute approximate surface area is 136 Å². The van der Waals surface area contributed by atoms with E-state index < -0.39 is 10.0 Å². The minimum atomic E-state index is -3.02. The average molecular weight is 331 g/mol. The lowest BCUT2D eigenvalue weighted by Gasteiger charge is -2.30. The largest absolute Gasteiger partial charge is 0.282 e. The van der Waals surface area contributed by atoms with Crippen LogP contribution in [0.2, 0.25) is 0 Å². The maximum absolute atomic E-state index is 12.3. The van der Waals surface area contributed by atoms with Gasteiger partial charge in [-0.25, -0.2) is 12.7 Å². The molecule has 1 aromatic heterocycles. The Kier molecular flexibility index (Phi) is 3.73. The predicted molar refractivity (Wildman–Crippen MR) is 89.5 cm³/mol. The molecule has 4 rings (SSSR count). The van der Waals surface area contributed by atoms with Gasteiger partial charge in [0, 0.05) is 30.3 Å². The highest BCUT2D eigenvalue weighted by atomic mass is 32.2. The van der Waals surface area contributed by atoms with E-state index in [1.807, 2.05) is 30.3 Å². The summed E-state index contributed by atoms with van der Waals surface area (Å²) in [5.41, 5.74) is 3.17. The van der Waals surface area contributed by atoms with E-state index in [1.54, 1.807) is 4.31 Å². The number of H-pyrrole nitrogens is 1. The summed E-state index contributed by atoms with van der Waals surface area (Å²) in [4.78, 5) is 0. The quantitative estimate of drug-likeness (QED) is 0.937. The lowest BCUT2D eigenvalue weighted by Crippen LogP contribution is -2.39. The molecule has 1 saturated carbocycles. The molecule has 0 atom stereocenters. The standard InChI is InChI=1S/C17H21N3O2S/c21-23(22,15-6-7-15)20-10-8-14(9-11-20)17-12-16(18-19-17)13-4-2-1-3-5-13/h1-5,12,14-15H,6-11H2,(H,18,19). The van der Waals surface area contributed by atoms with E-state index in [-0.39, 0.29) is 5.25 Å². The van der Waals surface area contributed by atoms with Gasteiger partial charge in [-0.1, -0.05) is 30.3 Å². The Balaban J connectivity index is 1.44. The Morgan fingerprint density at radius 3 is 2.39 bits per heavy atom. The fourth-order valence-electron chi connectivity index (χ4n) is 3.30. The van der Waals surface area contributed by atoms with Crippen molar-refractivity contribution in [2.24, 2.45) is 0 Å². The highest BCUT2D eigenvalue weighted by molar-refractivity contribution is 7.90. The molecule has 23 heavy (non-hydrogen) atoms. The maximum atomic E-state index is 12.3. The molecule has 122 valence electrons. The van der Waals surface area contributed by atoms with Gasteiger partial charge in [0.05, 0.1) is 10.9 Å². The summed E-state index contributed by atoms with van der Waals surface area (Å²) < 4.78 is 26.3. The number of nitrogens with one attached hydrogen (secondary N) is 1. The van der Waals surface area contributed by atoms with E-state index in [4.69, 9.17) is 0 Å². The van der Waals surface area contributed by atoms with E-state index in [9.17, 15) is 8.42 Å². The second-order valence-electron chi connectivity index (χ2n) is 6.49. The Hall–Kier alpha value is -1.66. The molecule has 1 aliphatic carbocycles. The van der Waals surface area contributed by atoms with Crippen molar-refractivity contribution in [3.8, 4) is 11.3 Å². The molecule has 2 fully saturated rings. The summed E-state index contributed by atoms with van der Waals surface area (Å²) in [5, 5.41) is 7.45. The summed E-state index contributed by atoms with van der Waals surface area (Å²) in [5.74, 6) is 0.366. The Morgan fingerprint density at radius 1 is 1.04 bits per heavy atom. The van der Waals surface area contributed by atoms with Gasteiger partial charge in [-0.2, -0.15) is 5.10 Å². The van der Waals surface area contributed by atoms with Crippen molar-refractivity contribution in [3.05, 3.63) is 42.1 Å². The van der Waals surface area contributed by atoms with Crippen molar-refractivity contribution in [2.75, 3.05) is 13.1 Å². The monoisotopic (exact) mass is 331 g/mol. The lowest BCUT2D eigenvalue weighted by molar-refractivity contribution is 0.316. The summed E-state index contributed by atoms with van der Waals surface area (Å²) in [6.45, 7) is 1.26. The van der Waals surface area contributed by atoms with Gasteiger partial charge in [0.25, 0.3) is 0 Å². The average Bonchev–Trinajstić information content (AvgIpc) is 3.34. The molecule has 1 N–H and O–H groups in total. The van der Waals surface area contributed by atoms with Crippen LogP contribution in [0.4, 0.5) is 0 Å². The molecule has 0 bridgehead atoms. The third-order valence-electron chi connectivity index (χ3n) is 4.87. The molecule has 2 aromatic rings. The van der Waals surface area contributed by atoms with Gasteiger partial charge in [0.15, 0.2) is 0 Å². The first-order valence-corrected chi connectivity index (χ1v) is 9.74. The summed E-state index contributed by atoms with van der Waals surface area (Å²) in [6, 6.07) is 12.2. The van der Waals surface area contributed by atoms with Crippen LogP contribution in [-0.2, 0) is 10.0 Å². The van der Waals surface area contributed by atoms with Crippen molar-refractivity contribution in [1.29, 1.82) is 0 Å². The number of sulfonamides is 1. The number of piperidine rings is 1. The van der Waals surface area contributed by atoms with Gasteiger partial charge in [-0.15, -0.1) is 0 Å². The van der Waals surface area contributed by atoms with E-state index in [2.05, 4.69) is 16.3 Å². The van der Waals surface area contributed by atoms with Gasteiger partial charge < -0.3 is 0 Å². The van der Waals surface area contributed by atoms with E-state index >= 15 is 0 Å². The third kappa shape index (κ3) is 2.93. The van der Waals surface area contributed by atoms with Gasteiger partial charge in [-0.05, 0) is 31.7 Å².